The van der Waals surface area contributed by atoms with E-state index in [1.54, 1.807) is 0 Å². The Bertz CT molecular complexity index is 1000. The van der Waals surface area contributed by atoms with Crippen molar-refractivity contribution < 1.29 is 31.8 Å². The number of benzene rings is 2. The predicted octanol–water partition coefficient (Wildman–Crippen LogP) is 4.95. The molecule has 0 atom stereocenters. The van der Waals surface area contributed by atoms with Gasteiger partial charge in [0.15, 0.2) is 11.4 Å². The van der Waals surface area contributed by atoms with Crippen LogP contribution in [0.5, 0.6) is 11.5 Å². The van der Waals surface area contributed by atoms with E-state index in [1.165, 1.54) is 47.3 Å². The summed E-state index contributed by atoms with van der Waals surface area (Å²) in [5.74, 6) is -1.22. The summed E-state index contributed by atoms with van der Waals surface area (Å²) in [5.41, 5.74) is 0.737. The monoisotopic (exact) mass is 423 g/mol. The van der Waals surface area contributed by atoms with Crippen LogP contribution in [0.25, 0.3) is 5.69 Å². The van der Waals surface area contributed by atoms with Gasteiger partial charge in [0, 0.05) is 5.69 Å². The van der Waals surface area contributed by atoms with Crippen LogP contribution in [0.2, 0.25) is 0 Å². The second kappa shape index (κ2) is 8.85. The van der Waals surface area contributed by atoms with Crippen molar-refractivity contribution in [3.8, 4) is 17.2 Å². The molecule has 3 aromatic rings. The van der Waals surface area contributed by atoms with Gasteiger partial charge in [-0.1, -0.05) is 6.92 Å². The van der Waals surface area contributed by atoms with Gasteiger partial charge in [0.25, 0.3) is 5.91 Å². The lowest BCUT2D eigenvalue weighted by Crippen LogP contribution is -2.17. The molecule has 0 unspecified atom stereocenters. The first-order valence-electron chi connectivity index (χ1n) is 8.91. The molecule has 0 aliphatic carbocycles. The van der Waals surface area contributed by atoms with Gasteiger partial charge < -0.3 is 14.8 Å². The van der Waals surface area contributed by atoms with Crippen LogP contribution in [0.3, 0.4) is 0 Å². The Hall–Kier alpha value is -3.56. The maximum atomic E-state index is 13.2. The molecule has 10 heteroatoms. The summed E-state index contributed by atoms with van der Waals surface area (Å²) in [5, 5.41) is 6.76. The zero-order chi connectivity index (χ0) is 21.7. The van der Waals surface area contributed by atoms with Crippen molar-refractivity contribution in [3.05, 3.63) is 66.2 Å². The number of carbonyl (C=O) groups is 1. The number of nitrogens with one attached hydrogen (secondary N) is 1. The van der Waals surface area contributed by atoms with Crippen LogP contribution in [0.4, 0.5) is 23.2 Å². The van der Waals surface area contributed by atoms with Crippen LogP contribution in [0, 0.1) is 5.82 Å². The number of nitrogens with zero attached hydrogens (tertiary/aromatic N) is 2. The highest BCUT2D eigenvalue weighted by molar-refractivity contribution is 6.04. The first-order valence-corrected chi connectivity index (χ1v) is 8.91. The van der Waals surface area contributed by atoms with Crippen molar-refractivity contribution in [3.63, 3.8) is 0 Å². The van der Waals surface area contributed by atoms with E-state index in [1.807, 2.05) is 6.92 Å². The number of anilines is 1. The second-order valence-corrected chi connectivity index (χ2v) is 6.14. The minimum absolute atomic E-state index is 0.0246. The number of ether oxygens (including phenoxy) is 2. The second-order valence-electron chi connectivity index (χ2n) is 6.14. The Labute approximate surface area is 169 Å². The molecule has 0 spiro atoms. The summed E-state index contributed by atoms with van der Waals surface area (Å²) in [4.78, 5) is 12.7. The Balaban J connectivity index is 1.80. The van der Waals surface area contributed by atoms with E-state index in [4.69, 9.17) is 4.74 Å². The molecule has 1 heterocycles. The Morgan fingerprint density at radius 2 is 1.77 bits per heavy atom. The molecule has 2 aromatic carbocycles. The zero-order valence-electron chi connectivity index (χ0n) is 15.7. The molecule has 0 bridgehead atoms. The summed E-state index contributed by atoms with van der Waals surface area (Å²) >= 11 is 0. The van der Waals surface area contributed by atoms with Gasteiger partial charge in [0.1, 0.15) is 11.6 Å². The molecule has 158 valence electrons. The highest BCUT2D eigenvalue weighted by Gasteiger charge is 2.31. The molecule has 3 rings (SSSR count). The first-order chi connectivity index (χ1) is 14.2. The Morgan fingerprint density at radius 3 is 2.37 bits per heavy atom. The largest absolute Gasteiger partial charge is 0.573 e. The fourth-order valence-electron chi connectivity index (χ4n) is 2.49. The van der Waals surface area contributed by atoms with Gasteiger partial charge in [-0.2, -0.15) is 5.10 Å². The molecule has 0 fully saturated rings. The number of hydrogen-bond acceptors (Lipinski definition) is 4. The molecular formula is C20H17F4N3O3. The van der Waals surface area contributed by atoms with Crippen molar-refractivity contribution >= 4 is 11.6 Å². The number of aromatic nitrogens is 2. The number of halogens is 4. The molecule has 30 heavy (non-hydrogen) atoms. The van der Waals surface area contributed by atoms with Gasteiger partial charge >= 0.3 is 6.36 Å². The van der Waals surface area contributed by atoms with Crippen molar-refractivity contribution in [1.82, 2.24) is 9.78 Å². The zero-order valence-corrected chi connectivity index (χ0v) is 15.7. The van der Waals surface area contributed by atoms with Gasteiger partial charge in [-0.25, -0.2) is 9.07 Å². The molecule has 0 radical (unpaired) electrons. The molecule has 0 aliphatic heterocycles. The molecule has 1 aromatic heterocycles. The smallest absolute Gasteiger partial charge is 0.489 e. The van der Waals surface area contributed by atoms with Gasteiger partial charge in [-0.05, 0) is 55.0 Å². The first kappa shape index (κ1) is 21.2. The van der Waals surface area contributed by atoms with Gasteiger partial charge in [0.2, 0.25) is 0 Å². The quantitative estimate of drug-likeness (QED) is 0.546. The maximum Gasteiger partial charge on any atom is 0.573 e. The summed E-state index contributed by atoms with van der Waals surface area (Å²) in [6.07, 6.45) is -2.61. The molecule has 6 nitrogen and oxygen atoms in total. The van der Waals surface area contributed by atoms with Crippen LogP contribution >= 0.6 is 0 Å². The standard InChI is InChI=1S/C20H17F4N3O3/c1-2-11-29-17-12-27(15-7-3-13(21)4-8-15)26-18(17)19(28)25-14-5-9-16(10-6-14)30-20(22,23)24/h3-10,12H,2,11H2,1H3,(H,25,28). The maximum absolute atomic E-state index is 13.2. The van der Waals surface area contributed by atoms with Gasteiger partial charge in [-0.3, -0.25) is 4.79 Å². The lowest BCUT2D eigenvalue weighted by molar-refractivity contribution is -0.274. The average Bonchev–Trinajstić information content (AvgIpc) is 3.11. The molecule has 0 saturated heterocycles. The van der Waals surface area contributed by atoms with Crippen molar-refractivity contribution in [2.24, 2.45) is 0 Å². The van der Waals surface area contributed by atoms with Crippen LogP contribution in [-0.4, -0.2) is 28.7 Å². The minimum atomic E-state index is -4.80. The van der Waals surface area contributed by atoms with Crippen LogP contribution in [0.15, 0.2) is 54.7 Å². The van der Waals surface area contributed by atoms with Gasteiger partial charge in [-0.15, -0.1) is 13.2 Å². The topological polar surface area (TPSA) is 65.4 Å². The highest BCUT2D eigenvalue weighted by Crippen LogP contribution is 2.25. The van der Waals surface area contributed by atoms with E-state index in [2.05, 4.69) is 15.2 Å². The average molecular weight is 423 g/mol. The minimum Gasteiger partial charge on any atom is -0.489 e. The molecule has 0 aliphatic rings. The lowest BCUT2D eigenvalue weighted by atomic mass is 10.3. The summed E-state index contributed by atoms with van der Waals surface area (Å²) in [7, 11) is 0. The molecule has 0 saturated carbocycles. The van der Waals surface area contributed by atoms with E-state index in [-0.39, 0.29) is 17.1 Å². The van der Waals surface area contributed by atoms with E-state index in [9.17, 15) is 22.4 Å². The van der Waals surface area contributed by atoms with E-state index in [0.717, 1.165) is 12.1 Å². The molecular weight excluding hydrogens is 406 g/mol. The van der Waals surface area contributed by atoms with Crippen LogP contribution < -0.4 is 14.8 Å². The molecule has 1 amide bonds. The summed E-state index contributed by atoms with van der Waals surface area (Å²) < 4.78 is 60.6. The van der Waals surface area contributed by atoms with Crippen LogP contribution in [-0.2, 0) is 0 Å². The van der Waals surface area contributed by atoms with Crippen LogP contribution in [0.1, 0.15) is 23.8 Å². The normalized spacial score (nSPS) is 11.2. The van der Waals surface area contributed by atoms with Crippen molar-refractivity contribution in [2.45, 2.75) is 19.7 Å². The summed E-state index contributed by atoms with van der Waals surface area (Å²) in [6, 6.07) is 10.2. The van der Waals surface area contributed by atoms with E-state index < -0.39 is 23.8 Å². The number of hydrogen-bond donors (Lipinski definition) is 1. The van der Waals surface area contributed by atoms with Gasteiger partial charge in [0.05, 0.1) is 18.5 Å². The number of rotatable bonds is 7. The van der Waals surface area contributed by atoms with E-state index in [0.29, 0.717) is 18.7 Å². The highest BCUT2D eigenvalue weighted by atomic mass is 19.4. The van der Waals surface area contributed by atoms with Crippen molar-refractivity contribution in [1.29, 1.82) is 0 Å². The number of alkyl halides is 3. The Morgan fingerprint density at radius 1 is 1.10 bits per heavy atom. The predicted molar refractivity (Wildman–Crippen MR) is 100 cm³/mol. The SMILES string of the molecule is CCCOc1cn(-c2ccc(F)cc2)nc1C(=O)Nc1ccc(OC(F)(F)F)cc1. The third-order valence-corrected chi connectivity index (χ3v) is 3.79. The van der Waals surface area contributed by atoms with E-state index >= 15 is 0 Å². The number of amides is 1. The number of carbonyl (C=O) groups excluding carboxylic acids is 1. The fourth-order valence-corrected chi connectivity index (χ4v) is 2.49. The van der Waals surface area contributed by atoms with Crippen molar-refractivity contribution in [2.75, 3.05) is 11.9 Å². The fraction of sp³-hybridized carbons (Fsp3) is 0.200. The third-order valence-electron chi connectivity index (χ3n) is 3.79. The third kappa shape index (κ3) is 5.49. The summed E-state index contributed by atoms with van der Waals surface area (Å²) in [6.45, 7) is 2.24. The Kier molecular flexibility index (Phi) is 6.24. The molecule has 1 N–H and O–H groups in total. The lowest BCUT2D eigenvalue weighted by Gasteiger charge is -2.10.